The van der Waals surface area contributed by atoms with Gasteiger partial charge in [0.25, 0.3) is 0 Å². The molecule has 3 rings (SSSR count). The van der Waals surface area contributed by atoms with Crippen LogP contribution in [0.3, 0.4) is 0 Å². The van der Waals surface area contributed by atoms with Gasteiger partial charge in [-0.25, -0.2) is 0 Å². The fourth-order valence-corrected chi connectivity index (χ4v) is 2.49. The van der Waals surface area contributed by atoms with Gasteiger partial charge in [0.15, 0.2) is 0 Å². The predicted octanol–water partition coefficient (Wildman–Crippen LogP) is 4.62. The van der Waals surface area contributed by atoms with Crippen molar-refractivity contribution in [3.63, 3.8) is 0 Å². The van der Waals surface area contributed by atoms with E-state index >= 15 is 0 Å². The third kappa shape index (κ3) is 2.10. The summed E-state index contributed by atoms with van der Waals surface area (Å²) in [5, 5.41) is 12.4. The summed E-state index contributed by atoms with van der Waals surface area (Å²) in [6, 6.07) is 20.1. The first-order valence-electron chi connectivity index (χ1n) is 6.68. The van der Waals surface area contributed by atoms with Crippen molar-refractivity contribution in [3.05, 3.63) is 66.2 Å². The van der Waals surface area contributed by atoms with Gasteiger partial charge in [-0.3, -0.25) is 0 Å². The Morgan fingerprint density at radius 2 is 1.55 bits per heavy atom. The fraction of sp³-hybridized carbons (Fsp3) is 0.111. The minimum atomic E-state index is 0.298. The summed E-state index contributed by atoms with van der Waals surface area (Å²) >= 11 is 0. The average molecular weight is 263 g/mol. The molecular formula is C18H17NO. The molecule has 0 aromatic heterocycles. The summed E-state index contributed by atoms with van der Waals surface area (Å²) in [4.78, 5) is 2.02. The van der Waals surface area contributed by atoms with E-state index in [1.54, 1.807) is 6.07 Å². The van der Waals surface area contributed by atoms with Gasteiger partial charge in [-0.2, -0.15) is 0 Å². The maximum absolute atomic E-state index is 10.3. The van der Waals surface area contributed by atoms with Gasteiger partial charge in [-0.05, 0) is 30.5 Å². The molecule has 3 aromatic carbocycles. The van der Waals surface area contributed by atoms with Crippen LogP contribution in [0.15, 0.2) is 60.7 Å². The van der Waals surface area contributed by atoms with Gasteiger partial charge in [0.1, 0.15) is 5.75 Å². The van der Waals surface area contributed by atoms with Gasteiger partial charge in [-0.15, -0.1) is 0 Å². The molecule has 0 spiro atoms. The lowest BCUT2D eigenvalue weighted by molar-refractivity contribution is 0.477. The zero-order chi connectivity index (χ0) is 14.1. The molecule has 0 atom stereocenters. The Morgan fingerprint density at radius 3 is 2.30 bits per heavy atom. The normalized spacial score (nSPS) is 10.7. The van der Waals surface area contributed by atoms with Crippen LogP contribution in [0.5, 0.6) is 5.75 Å². The molecule has 0 aliphatic heterocycles. The second-order valence-corrected chi connectivity index (χ2v) is 5.05. The molecule has 1 N–H and O–H groups in total. The van der Waals surface area contributed by atoms with Crippen LogP contribution in [0.25, 0.3) is 10.8 Å². The number of aryl methyl sites for hydroxylation is 1. The number of hydrogen-bond donors (Lipinski definition) is 1. The Kier molecular flexibility index (Phi) is 3.07. The van der Waals surface area contributed by atoms with E-state index in [0.29, 0.717) is 5.75 Å². The quantitative estimate of drug-likeness (QED) is 0.729. The van der Waals surface area contributed by atoms with Crippen LogP contribution in [-0.2, 0) is 0 Å². The standard InChI is InChI=1S/C18H17NO/c1-13-7-10-15(11-8-13)19(2)18-16-6-4-3-5-14(16)9-12-17(18)20/h3-12,20H,1-2H3. The number of hydrogen-bond acceptors (Lipinski definition) is 2. The van der Waals surface area contributed by atoms with Crippen molar-refractivity contribution in [2.75, 3.05) is 11.9 Å². The van der Waals surface area contributed by atoms with Crippen molar-refractivity contribution < 1.29 is 5.11 Å². The first-order chi connectivity index (χ1) is 9.66. The first-order valence-corrected chi connectivity index (χ1v) is 6.68. The molecule has 2 nitrogen and oxygen atoms in total. The number of benzene rings is 3. The lowest BCUT2D eigenvalue weighted by Crippen LogP contribution is -2.10. The summed E-state index contributed by atoms with van der Waals surface area (Å²) in [6.07, 6.45) is 0. The van der Waals surface area contributed by atoms with Gasteiger partial charge in [0.05, 0.1) is 5.69 Å². The van der Waals surface area contributed by atoms with Gasteiger partial charge < -0.3 is 10.0 Å². The second kappa shape index (κ2) is 4.89. The highest BCUT2D eigenvalue weighted by Crippen LogP contribution is 2.38. The fourth-order valence-electron chi connectivity index (χ4n) is 2.49. The van der Waals surface area contributed by atoms with Crippen molar-refractivity contribution in [3.8, 4) is 5.75 Å². The Bertz CT molecular complexity index is 747. The molecule has 0 amide bonds. The molecule has 2 heteroatoms. The van der Waals surface area contributed by atoms with Crippen LogP contribution in [-0.4, -0.2) is 12.2 Å². The number of anilines is 2. The summed E-state index contributed by atoms with van der Waals surface area (Å²) in [5.41, 5.74) is 3.12. The van der Waals surface area contributed by atoms with E-state index in [-0.39, 0.29) is 0 Å². The van der Waals surface area contributed by atoms with Crippen LogP contribution in [0.1, 0.15) is 5.56 Å². The Hall–Kier alpha value is -2.48. The summed E-state index contributed by atoms with van der Waals surface area (Å²) in [6.45, 7) is 2.07. The SMILES string of the molecule is Cc1ccc(N(C)c2c(O)ccc3ccccc23)cc1. The van der Waals surface area contributed by atoms with Crippen LogP contribution in [0.2, 0.25) is 0 Å². The van der Waals surface area contributed by atoms with E-state index in [2.05, 4.69) is 37.3 Å². The van der Waals surface area contributed by atoms with Crippen molar-refractivity contribution in [2.24, 2.45) is 0 Å². The predicted molar refractivity (Wildman–Crippen MR) is 84.9 cm³/mol. The second-order valence-electron chi connectivity index (χ2n) is 5.05. The van der Waals surface area contributed by atoms with Crippen LogP contribution in [0, 0.1) is 6.92 Å². The molecule has 0 bridgehead atoms. The number of fused-ring (bicyclic) bond motifs is 1. The van der Waals surface area contributed by atoms with Crippen molar-refractivity contribution in [2.45, 2.75) is 6.92 Å². The molecule has 0 saturated carbocycles. The lowest BCUT2D eigenvalue weighted by Gasteiger charge is -2.22. The molecule has 100 valence electrons. The zero-order valence-electron chi connectivity index (χ0n) is 11.7. The molecule has 0 unspecified atom stereocenters. The average Bonchev–Trinajstić information content (AvgIpc) is 2.47. The number of phenols is 1. The Morgan fingerprint density at radius 1 is 0.850 bits per heavy atom. The number of phenolic OH excluding ortho intramolecular Hbond substituents is 1. The van der Waals surface area contributed by atoms with Gasteiger partial charge in [-0.1, -0.05) is 48.0 Å². The highest BCUT2D eigenvalue weighted by molar-refractivity contribution is 5.98. The van der Waals surface area contributed by atoms with E-state index in [0.717, 1.165) is 22.1 Å². The molecule has 0 heterocycles. The molecule has 0 fully saturated rings. The molecule has 20 heavy (non-hydrogen) atoms. The third-order valence-electron chi connectivity index (χ3n) is 3.64. The Balaban J connectivity index is 2.18. The van der Waals surface area contributed by atoms with Crippen molar-refractivity contribution in [1.82, 2.24) is 0 Å². The van der Waals surface area contributed by atoms with Gasteiger partial charge in [0, 0.05) is 18.1 Å². The molecular weight excluding hydrogens is 246 g/mol. The number of aromatic hydroxyl groups is 1. The van der Waals surface area contributed by atoms with E-state index in [1.807, 2.05) is 36.2 Å². The van der Waals surface area contributed by atoms with E-state index in [1.165, 1.54) is 5.56 Å². The maximum atomic E-state index is 10.3. The lowest BCUT2D eigenvalue weighted by atomic mass is 10.1. The summed E-state index contributed by atoms with van der Waals surface area (Å²) in [5.74, 6) is 0.298. The molecule has 3 aromatic rings. The molecule has 0 radical (unpaired) electrons. The summed E-state index contributed by atoms with van der Waals surface area (Å²) in [7, 11) is 1.98. The number of rotatable bonds is 2. The summed E-state index contributed by atoms with van der Waals surface area (Å²) < 4.78 is 0. The topological polar surface area (TPSA) is 23.5 Å². The van der Waals surface area contributed by atoms with E-state index in [9.17, 15) is 5.11 Å². The van der Waals surface area contributed by atoms with E-state index in [4.69, 9.17) is 0 Å². The largest absolute Gasteiger partial charge is 0.506 e. The highest BCUT2D eigenvalue weighted by atomic mass is 16.3. The van der Waals surface area contributed by atoms with Crippen LogP contribution < -0.4 is 4.90 Å². The third-order valence-corrected chi connectivity index (χ3v) is 3.64. The molecule has 0 aliphatic rings. The minimum absolute atomic E-state index is 0.298. The van der Waals surface area contributed by atoms with Crippen molar-refractivity contribution >= 4 is 22.1 Å². The van der Waals surface area contributed by atoms with Crippen LogP contribution in [0.4, 0.5) is 11.4 Å². The monoisotopic (exact) mass is 263 g/mol. The molecule has 0 saturated heterocycles. The van der Waals surface area contributed by atoms with Crippen LogP contribution >= 0.6 is 0 Å². The van der Waals surface area contributed by atoms with Crippen molar-refractivity contribution in [1.29, 1.82) is 0 Å². The zero-order valence-corrected chi connectivity index (χ0v) is 11.7. The molecule has 0 aliphatic carbocycles. The van der Waals surface area contributed by atoms with E-state index < -0.39 is 0 Å². The Labute approximate surface area is 118 Å². The number of nitrogens with zero attached hydrogens (tertiary/aromatic N) is 1. The first kappa shape index (κ1) is 12.5. The van der Waals surface area contributed by atoms with Gasteiger partial charge >= 0.3 is 0 Å². The highest BCUT2D eigenvalue weighted by Gasteiger charge is 2.12. The van der Waals surface area contributed by atoms with Gasteiger partial charge in [0.2, 0.25) is 0 Å². The maximum Gasteiger partial charge on any atom is 0.139 e. The minimum Gasteiger partial charge on any atom is -0.506 e. The smallest absolute Gasteiger partial charge is 0.139 e.